The van der Waals surface area contributed by atoms with Gasteiger partial charge in [-0.25, -0.2) is 0 Å². The van der Waals surface area contributed by atoms with Gasteiger partial charge < -0.3 is 5.32 Å². The van der Waals surface area contributed by atoms with Crippen LogP contribution in [0.5, 0.6) is 0 Å². The van der Waals surface area contributed by atoms with Crippen molar-refractivity contribution in [3.8, 4) is 0 Å². The van der Waals surface area contributed by atoms with Gasteiger partial charge in [-0.3, -0.25) is 0 Å². The molecule has 1 fully saturated rings. The van der Waals surface area contributed by atoms with Gasteiger partial charge in [0.05, 0.1) is 10.6 Å². The van der Waals surface area contributed by atoms with Crippen LogP contribution in [0, 0.1) is 11.8 Å². The summed E-state index contributed by atoms with van der Waals surface area (Å²) in [6.45, 7) is 4.55. The number of nitrogens with one attached hydrogen (secondary N) is 1. The smallest absolute Gasteiger partial charge is 0.0803 e. The van der Waals surface area contributed by atoms with E-state index >= 15 is 0 Å². The van der Waals surface area contributed by atoms with Gasteiger partial charge in [0.1, 0.15) is 0 Å². The lowest BCUT2D eigenvalue weighted by atomic mass is 9.76. The molecule has 1 N–H and O–H groups in total. The SMILES string of the molecule is CCCc1nnsc1C(NC)C1CCCC(CC)C1. The third-order valence-electron chi connectivity index (χ3n) is 4.54. The molecular formula is C15H27N3S. The van der Waals surface area contributed by atoms with E-state index in [9.17, 15) is 0 Å². The van der Waals surface area contributed by atoms with Gasteiger partial charge in [0.2, 0.25) is 0 Å². The zero-order valence-electron chi connectivity index (χ0n) is 12.5. The molecule has 3 unspecified atom stereocenters. The number of hydrogen-bond acceptors (Lipinski definition) is 4. The summed E-state index contributed by atoms with van der Waals surface area (Å²) in [7, 11) is 2.09. The fourth-order valence-corrected chi connectivity index (χ4v) is 4.35. The Morgan fingerprint density at radius 1 is 1.37 bits per heavy atom. The molecule has 1 aromatic heterocycles. The molecule has 0 bridgehead atoms. The first-order chi connectivity index (χ1) is 9.30. The predicted octanol–water partition coefficient (Wildman–Crippen LogP) is 3.97. The van der Waals surface area contributed by atoms with Crippen LogP contribution in [-0.4, -0.2) is 16.6 Å². The maximum Gasteiger partial charge on any atom is 0.0803 e. The van der Waals surface area contributed by atoms with Crippen molar-refractivity contribution in [2.75, 3.05) is 7.05 Å². The standard InChI is InChI=1S/C15H27N3S/c1-4-7-13-15(19-18-17-13)14(16-3)12-9-6-8-11(5-2)10-12/h11-12,14,16H,4-10H2,1-3H3. The maximum atomic E-state index is 4.34. The van der Waals surface area contributed by atoms with Crippen molar-refractivity contribution in [3.05, 3.63) is 10.6 Å². The van der Waals surface area contributed by atoms with E-state index in [1.54, 1.807) is 11.5 Å². The molecule has 1 saturated carbocycles. The van der Waals surface area contributed by atoms with Crippen molar-refractivity contribution in [2.24, 2.45) is 11.8 Å². The van der Waals surface area contributed by atoms with E-state index in [-0.39, 0.29) is 0 Å². The number of hydrogen-bond donors (Lipinski definition) is 1. The third-order valence-corrected chi connectivity index (χ3v) is 5.39. The Balaban J connectivity index is 2.12. The Hall–Kier alpha value is -0.480. The Bertz CT molecular complexity index is 377. The first-order valence-electron chi connectivity index (χ1n) is 7.78. The summed E-state index contributed by atoms with van der Waals surface area (Å²) in [5, 5.41) is 7.89. The van der Waals surface area contributed by atoms with E-state index in [1.807, 2.05) is 0 Å². The molecule has 2 rings (SSSR count). The highest BCUT2D eigenvalue weighted by molar-refractivity contribution is 7.05. The summed E-state index contributed by atoms with van der Waals surface area (Å²) >= 11 is 1.60. The molecule has 0 radical (unpaired) electrons. The van der Waals surface area contributed by atoms with Gasteiger partial charge in [-0.15, -0.1) is 5.10 Å². The fourth-order valence-electron chi connectivity index (χ4n) is 3.45. The molecule has 19 heavy (non-hydrogen) atoms. The molecule has 0 saturated heterocycles. The number of aromatic nitrogens is 2. The number of rotatable bonds is 6. The molecule has 0 spiro atoms. The van der Waals surface area contributed by atoms with Gasteiger partial charge >= 0.3 is 0 Å². The lowest BCUT2D eigenvalue weighted by molar-refractivity contribution is 0.216. The fraction of sp³-hybridized carbons (Fsp3) is 0.867. The minimum atomic E-state index is 0.468. The highest BCUT2D eigenvalue weighted by Gasteiger charge is 2.30. The Labute approximate surface area is 121 Å². The summed E-state index contributed by atoms with van der Waals surface area (Å²) in [5.41, 5.74) is 1.23. The Kier molecular flexibility index (Phi) is 5.76. The highest BCUT2D eigenvalue weighted by atomic mass is 32.1. The zero-order valence-corrected chi connectivity index (χ0v) is 13.3. The van der Waals surface area contributed by atoms with Crippen LogP contribution in [0.25, 0.3) is 0 Å². The van der Waals surface area contributed by atoms with Gasteiger partial charge in [0, 0.05) is 6.04 Å². The minimum Gasteiger partial charge on any atom is -0.312 e. The first kappa shape index (κ1) is 14.9. The van der Waals surface area contributed by atoms with Gasteiger partial charge in [0.15, 0.2) is 0 Å². The minimum absolute atomic E-state index is 0.468. The lowest BCUT2D eigenvalue weighted by Gasteiger charge is -2.33. The van der Waals surface area contributed by atoms with Crippen molar-refractivity contribution >= 4 is 11.5 Å². The first-order valence-corrected chi connectivity index (χ1v) is 8.55. The summed E-state index contributed by atoms with van der Waals surface area (Å²) < 4.78 is 4.20. The summed E-state index contributed by atoms with van der Waals surface area (Å²) in [4.78, 5) is 1.39. The Morgan fingerprint density at radius 3 is 2.89 bits per heavy atom. The van der Waals surface area contributed by atoms with Crippen LogP contribution in [0.2, 0.25) is 0 Å². The molecule has 0 aromatic carbocycles. The molecule has 3 atom stereocenters. The topological polar surface area (TPSA) is 37.8 Å². The average molecular weight is 281 g/mol. The normalized spacial score (nSPS) is 25.4. The van der Waals surface area contributed by atoms with E-state index in [0.29, 0.717) is 6.04 Å². The zero-order chi connectivity index (χ0) is 13.7. The van der Waals surface area contributed by atoms with Crippen LogP contribution < -0.4 is 5.32 Å². The molecule has 1 aliphatic rings. The molecule has 108 valence electrons. The van der Waals surface area contributed by atoms with Crippen LogP contribution in [0.15, 0.2) is 0 Å². The monoisotopic (exact) mass is 281 g/mol. The van der Waals surface area contributed by atoms with Crippen molar-refractivity contribution in [3.63, 3.8) is 0 Å². The van der Waals surface area contributed by atoms with E-state index in [2.05, 4.69) is 35.8 Å². The summed E-state index contributed by atoms with van der Waals surface area (Å²) in [6, 6.07) is 0.468. The summed E-state index contributed by atoms with van der Waals surface area (Å²) in [6.07, 6.45) is 9.07. The van der Waals surface area contributed by atoms with Gasteiger partial charge in [0.25, 0.3) is 0 Å². The second-order valence-electron chi connectivity index (χ2n) is 5.80. The van der Waals surface area contributed by atoms with E-state index in [4.69, 9.17) is 0 Å². The van der Waals surface area contributed by atoms with Crippen LogP contribution >= 0.6 is 11.5 Å². The second-order valence-corrected chi connectivity index (χ2v) is 6.59. The van der Waals surface area contributed by atoms with Crippen LogP contribution in [-0.2, 0) is 6.42 Å². The van der Waals surface area contributed by atoms with E-state index < -0.39 is 0 Å². The quantitative estimate of drug-likeness (QED) is 0.857. The van der Waals surface area contributed by atoms with Crippen molar-refractivity contribution in [1.82, 2.24) is 14.9 Å². The molecular weight excluding hydrogens is 254 g/mol. The largest absolute Gasteiger partial charge is 0.312 e. The molecule has 3 nitrogen and oxygen atoms in total. The van der Waals surface area contributed by atoms with E-state index in [1.165, 1.54) is 42.7 Å². The highest BCUT2D eigenvalue weighted by Crippen LogP contribution is 2.39. The molecule has 0 aliphatic heterocycles. The van der Waals surface area contributed by atoms with Crippen molar-refractivity contribution in [2.45, 2.75) is 64.8 Å². The van der Waals surface area contributed by atoms with Gasteiger partial charge in [-0.2, -0.15) is 0 Å². The number of nitrogens with zero attached hydrogens (tertiary/aromatic N) is 2. The summed E-state index contributed by atoms with van der Waals surface area (Å²) in [5.74, 6) is 1.69. The molecule has 4 heteroatoms. The maximum absolute atomic E-state index is 4.34. The third kappa shape index (κ3) is 3.54. The van der Waals surface area contributed by atoms with Crippen molar-refractivity contribution < 1.29 is 0 Å². The molecule has 1 aromatic rings. The number of aryl methyl sites for hydroxylation is 1. The van der Waals surface area contributed by atoms with Crippen LogP contribution in [0.3, 0.4) is 0 Å². The average Bonchev–Trinajstić information content (AvgIpc) is 2.89. The van der Waals surface area contributed by atoms with Crippen LogP contribution in [0.1, 0.15) is 69.0 Å². The molecule has 1 aliphatic carbocycles. The van der Waals surface area contributed by atoms with Gasteiger partial charge in [-0.05, 0) is 49.7 Å². The lowest BCUT2D eigenvalue weighted by Crippen LogP contribution is -2.29. The Morgan fingerprint density at radius 2 is 2.21 bits per heavy atom. The molecule has 0 amide bonds. The second kappa shape index (κ2) is 7.34. The van der Waals surface area contributed by atoms with Gasteiger partial charge in [-0.1, -0.05) is 44.0 Å². The molecule has 1 heterocycles. The van der Waals surface area contributed by atoms with Crippen molar-refractivity contribution in [1.29, 1.82) is 0 Å². The predicted molar refractivity (Wildman–Crippen MR) is 81.4 cm³/mol. The van der Waals surface area contributed by atoms with E-state index in [0.717, 1.165) is 24.7 Å². The van der Waals surface area contributed by atoms with Crippen LogP contribution in [0.4, 0.5) is 0 Å².